The number of nitrogens with zero attached hydrogens (tertiary/aromatic N) is 1. The molecule has 102 valence electrons. The number of aliphatic carboxylic acids is 1. The van der Waals surface area contributed by atoms with Crippen LogP contribution in [0.5, 0.6) is 0 Å². The number of carbonyl (C=O) groups is 3. The number of rotatable bonds is 6. The van der Waals surface area contributed by atoms with Gasteiger partial charge in [-0.05, 0) is 12.8 Å². The second-order valence-corrected chi connectivity index (χ2v) is 4.57. The maximum absolute atomic E-state index is 11.5. The molecule has 6 nitrogen and oxygen atoms in total. The first kappa shape index (κ1) is 16.1. The van der Waals surface area contributed by atoms with Crippen LogP contribution in [-0.2, 0) is 9.59 Å². The smallest absolute Gasteiger partial charge is 0.324 e. The van der Waals surface area contributed by atoms with Crippen LogP contribution in [0.2, 0.25) is 0 Å². The summed E-state index contributed by atoms with van der Waals surface area (Å²) in [5.74, 6) is -1.73. The number of carboxylic acid groups (broad SMARTS) is 1. The molecule has 0 fully saturated rings. The lowest BCUT2D eigenvalue weighted by Crippen LogP contribution is -2.41. The average Bonchev–Trinajstić information content (AvgIpc) is 2.13. The van der Waals surface area contributed by atoms with Crippen LogP contribution in [-0.4, -0.2) is 41.5 Å². The molecule has 0 aliphatic carbocycles. The van der Waals surface area contributed by atoms with E-state index in [0.29, 0.717) is 6.54 Å². The van der Waals surface area contributed by atoms with Crippen molar-refractivity contribution in [2.45, 2.75) is 26.7 Å². The molecule has 1 unspecified atom stereocenters. The SMILES string of the molecule is C=C(C)CN(C)C(=O)NC(=O)CC(C)CC(=O)O. The van der Waals surface area contributed by atoms with Gasteiger partial charge in [-0.1, -0.05) is 19.1 Å². The van der Waals surface area contributed by atoms with Crippen LogP contribution in [0.15, 0.2) is 12.2 Å². The van der Waals surface area contributed by atoms with E-state index < -0.39 is 17.9 Å². The molecular formula is C12H20N2O4. The monoisotopic (exact) mass is 256 g/mol. The third-order valence-corrected chi connectivity index (χ3v) is 2.16. The van der Waals surface area contributed by atoms with E-state index in [1.165, 1.54) is 4.90 Å². The predicted molar refractivity (Wildman–Crippen MR) is 67.0 cm³/mol. The molecule has 0 aromatic rings. The van der Waals surface area contributed by atoms with E-state index in [-0.39, 0.29) is 18.8 Å². The van der Waals surface area contributed by atoms with Crippen LogP contribution in [0.3, 0.4) is 0 Å². The average molecular weight is 256 g/mol. The molecule has 3 amide bonds. The maximum atomic E-state index is 11.5. The molecular weight excluding hydrogens is 236 g/mol. The summed E-state index contributed by atoms with van der Waals surface area (Å²) in [6.07, 6.45) is -0.0812. The van der Waals surface area contributed by atoms with E-state index in [4.69, 9.17) is 5.11 Å². The highest BCUT2D eigenvalue weighted by molar-refractivity contribution is 5.94. The van der Waals surface area contributed by atoms with Gasteiger partial charge in [0.25, 0.3) is 0 Å². The zero-order valence-electron chi connectivity index (χ0n) is 11.0. The van der Waals surface area contributed by atoms with Crippen molar-refractivity contribution in [2.75, 3.05) is 13.6 Å². The zero-order chi connectivity index (χ0) is 14.3. The van der Waals surface area contributed by atoms with Crippen molar-refractivity contribution in [3.05, 3.63) is 12.2 Å². The Labute approximate surface area is 107 Å². The molecule has 0 aromatic carbocycles. The molecule has 18 heavy (non-hydrogen) atoms. The first-order valence-corrected chi connectivity index (χ1v) is 5.63. The molecule has 0 aliphatic rings. The number of hydrogen-bond donors (Lipinski definition) is 2. The van der Waals surface area contributed by atoms with Gasteiger partial charge < -0.3 is 10.0 Å². The number of urea groups is 1. The number of likely N-dealkylation sites (N-methyl/N-ethyl adjacent to an activating group) is 1. The summed E-state index contributed by atoms with van der Waals surface area (Å²) >= 11 is 0. The molecule has 0 heterocycles. The number of hydrogen-bond acceptors (Lipinski definition) is 3. The number of carboxylic acids is 1. The van der Waals surface area contributed by atoms with Crippen molar-refractivity contribution < 1.29 is 19.5 Å². The highest BCUT2D eigenvalue weighted by Gasteiger charge is 2.16. The van der Waals surface area contributed by atoms with Gasteiger partial charge in [-0.25, -0.2) is 4.79 Å². The summed E-state index contributed by atoms with van der Waals surface area (Å²) in [4.78, 5) is 34.8. The Morgan fingerprint density at radius 3 is 2.33 bits per heavy atom. The quantitative estimate of drug-likeness (QED) is 0.700. The third kappa shape index (κ3) is 7.43. The van der Waals surface area contributed by atoms with Gasteiger partial charge in [-0.2, -0.15) is 0 Å². The van der Waals surface area contributed by atoms with Crippen LogP contribution < -0.4 is 5.32 Å². The molecule has 0 aliphatic heterocycles. The molecule has 0 bridgehead atoms. The molecule has 0 aromatic heterocycles. The molecule has 6 heteroatoms. The molecule has 0 saturated carbocycles. The van der Waals surface area contributed by atoms with E-state index in [0.717, 1.165) is 5.57 Å². The van der Waals surface area contributed by atoms with E-state index in [9.17, 15) is 14.4 Å². The molecule has 1 atom stereocenters. The van der Waals surface area contributed by atoms with Gasteiger partial charge in [-0.3, -0.25) is 14.9 Å². The molecule has 0 saturated heterocycles. The van der Waals surface area contributed by atoms with Gasteiger partial charge in [0.05, 0.1) is 0 Å². The minimum Gasteiger partial charge on any atom is -0.481 e. The second-order valence-electron chi connectivity index (χ2n) is 4.57. The largest absolute Gasteiger partial charge is 0.481 e. The van der Waals surface area contributed by atoms with Crippen LogP contribution in [0.1, 0.15) is 26.7 Å². The Hall–Kier alpha value is -1.85. The van der Waals surface area contributed by atoms with E-state index >= 15 is 0 Å². The normalized spacial score (nSPS) is 11.5. The highest BCUT2D eigenvalue weighted by atomic mass is 16.4. The Kier molecular flexibility index (Phi) is 6.70. The lowest BCUT2D eigenvalue weighted by molar-refractivity contribution is -0.138. The molecule has 0 rings (SSSR count). The lowest BCUT2D eigenvalue weighted by atomic mass is 10.0. The third-order valence-electron chi connectivity index (χ3n) is 2.16. The fourth-order valence-electron chi connectivity index (χ4n) is 1.43. The van der Waals surface area contributed by atoms with Crippen molar-refractivity contribution in [3.8, 4) is 0 Å². The fourth-order valence-corrected chi connectivity index (χ4v) is 1.43. The van der Waals surface area contributed by atoms with Crippen molar-refractivity contribution in [2.24, 2.45) is 5.92 Å². The molecule has 2 N–H and O–H groups in total. The highest BCUT2D eigenvalue weighted by Crippen LogP contribution is 2.07. The van der Waals surface area contributed by atoms with Crippen LogP contribution >= 0.6 is 0 Å². The van der Waals surface area contributed by atoms with Crippen molar-refractivity contribution in [1.29, 1.82) is 0 Å². The molecule has 0 radical (unpaired) electrons. The van der Waals surface area contributed by atoms with Gasteiger partial charge >= 0.3 is 12.0 Å². The number of nitrogens with one attached hydrogen (secondary N) is 1. The Balaban J connectivity index is 4.11. The fraction of sp³-hybridized carbons (Fsp3) is 0.583. The topological polar surface area (TPSA) is 86.7 Å². The first-order chi connectivity index (χ1) is 8.22. The summed E-state index contributed by atoms with van der Waals surface area (Å²) in [5.41, 5.74) is 0.805. The Bertz CT molecular complexity index is 352. The van der Waals surface area contributed by atoms with Crippen LogP contribution in [0, 0.1) is 5.92 Å². The summed E-state index contributed by atoms with van der Waals surface area (Å²) in [6, 6.07) is -0.509. The van der Waals surface area contributed by atoms with Gasteiger partial charge in [0.15, 0.2) is 0 Å². The predicted octanol–water partition coefficient (Wildman–Crippen LogP) is 1.23. The van der Waals surface area contributed by atoms with E-state index in [1.54, 1.807) is 20.9 Å². The Morgan fingerprint density at radius 1 is 1.33 bits per heavy atom. The summed E-state index contributed by atoms with van der Waals surface area (Å²) in [6.45, 7) is 7.46. The van der Waals surface area contributed by atoms with E-state index in [1.807, 2.05) is 0 Å². The number of carbonyl (C=O) groups excluding carboxylic acids is 2. The zero-order valence-corrected chi connectivity index (χ0v) is 11.0. The summed E-state index contributed by atoms with van der Waals surface area (Å²) in [5, 5.41) is 10.8. The van der Waals surface area contributed by atoms with Gasteiger partial charge in [0.2, 0.25) is 5.91 Å². The van der Waals surface area contributed by atoms with Crippen molar-refractivity contribution in [1.82, 2.24) is 10.2 Å². The molecule has 0 spiro atoms. The minimum atomic E-state index is -0.957. The maximum Gasteiger partial charge on any atom is 0.324 e. The first-order valence-electron chi connectivity index (χ1n) is 5.63. The van der Waals surface area contributed by atoms with Gasteiger partial charge in [-0.15, -0.1) is 0 Å². The lowest BCUT2D eigenvalue weighted by Gasteiger charge is -2.17. The van der Waals surface area contributed by atoms with Crippen LogP contribution in [0.4, 0.5) is 4.79 Å². The van der Waals surface area contributed by atoms with Gasteiger partial charge in [0.1, 0.15) is 0 Å². The van der Waals surface area contributed by atoms with Gasteiger partial charge in [0, 0.05) is 26.4 Å². The minimum absolute atomic E-state index is 0.0128. The Morgan fingerprint density at radius 2 is 1.89 bits per heavy atom. The number of amides is 3. The van der Waals surface area contributed by atoms with Crippen LogP contribution in [0.25, 0.3) is 0 Å². The second kappa shape index (κ2) is 7.47. The summed E-state index contributed by atoms with van der Waals surface area (Å²) in [7, 11) is 1.55. The van der Waals surface area contributed by atoms with E-state index in [2.05, 4.69) is 11.9 Å². The summed E-state index contributed by atoms with van der Waals surface area (Å²) < 4.78 is 0. The van der Waals surface area contributed by atoms with Crippen molar-refractivity contribution in [3.63, 3.8) is 0 Å². The standard InChI is InChI=1S/C12H20N2O4/c1-8(2)7-14(4)12(18)13-10(15)5-9(3)6-11(16)17/h9H,1,5-7H2,2-4H3,(H,16,17)(H,13,15,18). The number of imide groups is 1. The van der Waals surface area contributed by atoms with Crippen molar-refractivity contribution >= 4 is 17.9 Å².